The molecule has 0 saturated heterocycles. The highest BCUT2D eigenvalue weighted by Gasteiger charge is 2.24. The maximum Gasteiger partial charge on any atom is 0.388 e. The molecule has 0 atom stereocenters. The minimum atomic E-state index is -1.11. The monoisotopic (exact) mass is 126 g/mol. The van der Waals surface area contributed by atoms with Crippen molar-refractivity contribution < 1.29 is 19.1 Å². The van der Waals surface area contributed by atoms with Crippen molar-refractivity contribution in [1.29, 1.82) is 0 Å². The number of ether oxygens (including phenoxy) is 1. The lowest BCUT2D eigenvalue weighted by Crippen LogP contribution is -2.26. The van der Waals surface area contributed by atoms with E-state index in [2.05, 4.69) is 4.74 Å². The summed E-state index contributed by atoms with van der Waals surface area (Å²) in [5, 5.41) is 0. The van der Waals surface area contributed by atoms with Crippen molar-refractivity contribution in [3.05, 3.63) is 12.3 Å². The fraction of sp³-hybridized carbons (Fsp3) is 0. The highest BCUT2D eigenvalue weighted by Crippen LogP contribution is 1.93. The van der Waals surface area contributed by atoms with Crippen LogP contribution in [0.15, 0.2) is 12.3 Å². The summed E-state index contributed by atoms with van der Waals surface area (Å²) in [5.41, 5.74) is 0. The Morgan fingerprint density at radius 2 is 1.89 bits per heavy atom. The van der Waals surface area contributed by atoms with Crippen LogP contribution in [0.4, 0.5) is 0 Å². The van der Waals surface area contributed by atoms with Crippen LogP contribution in [0.2, 0.25) is 0 Å². The van der Waals surface area contributed by atoms with E-state index in [1.807, 2.05) is 0 Å². The van der Waals surface area contributed by atoms with E-state index in [0.29, 0.717) is 0 Å². The zero-order valence-corrected chi connectivity index (χ0v) is 4.29. The highest BCUT2D eigenvalue weighted by molar-refractivity contribution is 6.65. The molecule has 0 radical (unpaired) electrons. The molecule has 0 unspecified atom stereocenters. The average molecular weight is 126 g/mol. The molecule has 0 aromatic carbocycles. The third kappa shape index (κ3) is 0.861. The van der Waals surface area contributed by atoms with Gasteiger partial charge in [0.2, 0.25) is 5.78 Å². The number of carbonyl (C=O) groups is 3. The number of allylic oxidation sites excluding steroid dienone is 1. The van der Waals surface area contributed by atoms with Crippen LogP contribution in [0.3, 0.4) is 0 Å². The first-order chi connectivity index (χ1) is 4.22. The summed E-state index contributed by atoms with van der Waals surface area (Å²) in [6.07, 6.45) is 1.80. The summed E-state index contributed by atoms with van der Waals surface area (Å²) in [5.74, 6) is -3.05. The first-order valence-electron chi connectivity index (χ1n) is 2.17. The first-order valence-corrected chi connectivity index (χ1v) is 2.17. The second kappa shape index (κ2) is 1.81. The van der Waals surface area contributed by atoms with Gasteiger partial charge >= 0.3 is 11.8 Å². The molecular weight excluding hydrogens is 124 g/mol. The van der Waals surface area contributed by atoms with E-state index in [9.17, 15) is 14.4 Å². The van der Waals surface area contributed by atoms with E-state index < -0.39 is 17.5 Å². The van der Waals surface area contributed by atoms with Gasteiger partial charge in [-0.25, -0.2) is 4.79 Å². The molecule has 0 aliphatic carbocycles. The maximum atomic E-state index is 10.3. The van der Waals surface area contributed by atoms with Gasteiger partial charge in [0.1, 0.15) is 0 Å². The Labute approximate surface area is 50.1 Å². The Morgan fingerprint density at radius 3 is 2.33 bits per heavy atom. The minimum absolute atomic E-state index is 0.828. The number of hydrogen-bond donors (Lipinski definition) is 0. The summed E-state index contributed by atoms with van der Waals surface area (Å²) in [4.78, 5) is 30.7. The topological polar surface area (TPSA) is 60.4 Å². The van der Waals surface area contributed by atoms with Crippen molar-refractivity contribution >= 4 is 17.5 Å². The third-order valence-corrected chi connectivity index (χ3v) is 0.804. The Balaban J connectivity index is 2.94. The Morgan fingerprint density at radius 1 is 1.22 bits per heavy atom. The lowest BCUT2D eigenvalue weighted by atomic mass is 10.2. The fourth-order valence-corrected chi connectivity index (χ4v) is 0.387. The van der Waals surface area contributed by atoms with Crippen molar-refractivity contribution in [2.24, 2.45) is 0 Å². The van der Waals surface area contributed by atoms with Crippen molar-refractivity contribution in [1.82, 2.24) is 0 Å². The first kappa shape index (κ1) is 5.68. The molecule has 46 valence electrons. The van der Waals surface area contributed by atoms with E-state index in [1.54, 1.807) is 0 Å². The molecule has 0 aromatic heterocycles. The van der Waals surface area contributed by atoms with E-state index in [4.69, 9.17) is 0 Å². The van der Waals surface area contributed by atoms with Gasteiger partial charge in [-0.15, -0.1) is 0 Å². The molecule has 0 aromatic rings. The standard InChI is InChI=1S/C5H2O4/c6-3-1-2-9-5(8)4(3)7/h1-2H. The van der Waals surface area contributed by atoms with Crippen LogP contribution in [0.5, 0.6) is 0 Å². The van der Waals surface area contributed by atoms with Gasteiger partial charge in [-0.2, -0.15) is 0 Å². The molecule has 4 heteroatoms. The quantitative estimate of drug-likeness (QED) is 0.314. The molecule has 0 bridgehead atoms. The van der Waals surface area contributed by atoms with E-state index in [0.717, 1.165) is 12.3 Å². The van der Waals surface area contributed by atoms with Crippen LogP contribution < -0.4 is 0 Å². The van der Waals surface area contributed by atoms with Gasteiger partial charge in [0.05, 0.1) is 6.26 Å². The lowest BCUT2D eigenvalue weighted by Gasteiger charge is -1.98. The molecule has 0 N–H and O–H groups in total. The zero-order chi connectivity index (χ0) is 6.85. The van der Waals surface area contributed by atoms with Gasteiger partial charge < -0.3 is 4.74 Å². The summed E-state index contributed by atoms with van der Waals surface area (Å²) < 4.78 is 4.07. The van der Waals surface area contributed by atoms with Gasteiger partial charge in [-0.1, -0.05) is 0 Å². The number of hydrogen-bond acceptors (Lipinski definition) is 4. The molecule has 1 aliphatic heterocycles. The number of Topliss-reactive ketones (excluding diaryl/α,β-unsaturated/α-hetero) is 1. The van der Waals surface area contributed by atoms with Gasteiger partial charge in [-0.3, -0.25) is 9.59 Å². The van der Waals surface area contributed by atoms with Gasteiger partial charge in [0.25, 0.3) is 0 Å². The molecule has 0 saturated carbocycles. The average Bonchev–Trinajstić information content (AvgIpc) is 1.83. The number of cyclic esters (lactones) is 1. The maximum absolute atomic E-state index is 10.3. The Kier molecular flexibility index (Phi) is 1.14. The van der Waals surface area contributed by atoms with Crippen LogP contribution in [0.1, 0.15) is 0 Å². The molecule has 0 spiro atoms. The van der Waals surface area contributed by atoms with E-state index >= 15 is 0 Å². The largest absolute Gasteiger partial charge is 0.428 e. The van der Waals surface area contributed by atoms with Crippen molar-refractivity contribution in [3.63, 3.8) is 0 Å². The van der Waals surface area contributed by atoms with Crippen molar-refractivity contribution in [3.8, 4) is 0 Å². The van der Waals surface area contributed by atoms with Crippen LogP contribution in [-0.2, 0) is 19.1 Å². The molecule has 9 heavy (non-hydrogen) atoms. The zero-order valence-electron chi connectivity index (χ0n) is 4.29. The number of carbonyl (C=O) groups excluding carboxylic acids is 3. The predicted octanol–water partition coefficient (Wildman–Crippen LogP) is -0.805. The predicted molar refractivity (Wildman–Crippen MR) is 25.2 cm³/mol. The highest BCUT2D eigenvalue weighted by atomic mass is 16.5. The molecule has 1 rings (SSSR count). The SMILES string of the molecule is O=C1C=COC(=O)C1=O. The van der Waals surface area contributed by atoms with Crippen LogP contribution in [-0.4, -0.2) is 17.5 Å². The Hall–Kier alpha value is -1.45. The third-order valence-electron chi connectivity index (χ3n) is 0.804. The minimum Gasteiger partial charge on any atom is -0.428 e. The van der Waals surface area contributed by atoms with E-state index in [1.165, 1.54) is 0 Å². The van der Waals surface area contributed by atoms with Crippen LogP contribution in [0.25, 0.3) is 0 Å². The molecule has 1 aliphatic rings. The second-order valence-corrected chi connectivity index (χ2v) is 1.40. The summed E-state index contributed by atoms with van der Waals surface area (Å²) in [6.45, 7) is 0. The fourth-order valence-electron chi connectivity index (χ4n) is 0.387. The smallest absolute Gasteiger partial charge is 0.388 e. The summed E-state index contributed by atoms with van der Waals surface area (Å²) in [6, 6.07) is 0. The molecule has 4 nitrogen and oxygen atoms in total. The van der Waals surface area contributed by atoms with Crippen LogP contribution in [0, 0.1) is 0 Å². The van der Waals surface area contributed by atoms with Gasteiger partial charge in [0.15, 0.2) is 0 Å². The van der Waals surface area contributed by atoms with Gasteiger partial charge in [-0.05, 0) is 0 Å². The lowest BCUT2D eigenvalue weighted by molar-refractivity contribution is -0.153. The molecule has 0 fully saturated rings. The molecule has 1 heterocycles. The molecule has 0 amide bonds. The summed E-state index contributed by atoms with van der Waals surface area (Å²) in [7, 11) is 0. The number of rotatable bonds is 0. The van der Waals surface area contributed by atoms with Gasteiger partial charge in [0, 0.05) is 6.08 Å². The van der Waals surface area contributed by atoms with Crippen molar-refractivity contribution in [2.45, 2.75) is 0 Å². The van der Waals surface area contributed by atoms with Crippen LogP contribution >= 0.6 is 0 Å². The number of esters is 1. The Bertz CT molecular complexity index is 213. The normalized spacial score (nSPS) is 18.0. The van der Waals surface area contributed by atoms with E-state index in [-0.39, 0.29) is 0 Å². The summed E-state index contributed by atoms with van der Waals surface area (Å²) >= 11 is 0. The number of ketones is 2. The van der Waals surface area contributed by atoms with Crippen molar-refractivity contribution in [2.75, 3.05) is 0 Å². The second-order valence-electron chi connectivity index (χ2n) is 1.40. The molecular formula is C5H2O4.